The van der Waals surface area contributed by atoms with Crippen LogP contribution < -0.4 is 5.32 Å². The predicted octanol–water partition coefficient (Wildman–Crippen LogP) is 6.33. The van der Waals surface area contributed by atoms with Crippen LogP contribution in [0.5, 0.6) is 0 Å². The highest BCUT2D eigenvalue weighted by Crippen LogP contribution is 2.41. The molecular weight excluding hydrogens is 468 g/mol. The lowest BCUT2D eigenvalue weighted by atomic mass is 9.89. The maximum absolute atomic E-state index is 12.8. The summed E-state index contributed by atoms with van der Waals surface area (Å²) in [4.78, 5) is 36.4. The molecule has 10 heteroatoms. The zero-order chi connectivity index (χ0) is 25.7. The second-order valence-corrected chi connectivity index (χ2v) is 9.35. The van der Waals surface area contributed by atoms with Gasteiger partial charge in [0.25, 0.3) is 5.69 Å². The molecule has 1 atom stereocenters. The van der Waals surface area contributed by atoms with Gasteiger partial charge in [-0.2, -0.15) is 0 Å². The van der Waals surface area contributed by atoms with E-state index in [2.05, 4.69) is 5.32 Å². The van der Waals surface area contributed by atoms with Crippen LogP contribution in [-0.4, -0.2) is 29.4 Å². The lowest BCUT2D eigenvalue weighted by Gasteiger charge is -2.31. The highest BCUT2D eigenvalue weighted by molar-refractivity contribution is 5.65. The largest absolute Gasteiger partial charge is 0.513 e. The molecule has 0 radical (unpaired) electrons. The van der Waals surface area contributed by atoms with Crippen molar-refractivity contribution in [2.75, 3.05) is 0 Å². The van der Waals surface area contributed by atoms with Crippen molar-refractivity contribution in [2.24, 2.45) is 0 Å². The van der Waals surface area contributed by atoms with Crippen LogP contribution in [0.25, 0.3) is 0 Å². The summed E-state index contributed by atoms with van der Waals surface area (Å²) >= 11 is 0. The Hall–Kier alpha value is -3.56. The molecule has 0 bridgehead atoms. The molecule has 0 saturated heterocycles. The van der Waals surface area contributed by atoms with E-state index in [1.54, 1.807) is 19.1 Å². The standard InChI is InChI=1S/C26H32N2O8/c1-3-21-24(36-26(30)34-20-13-6-7-14-20)22(17-9-8-10-18(15-17)28(31)32)23(16(2)27-21)35-25(29)33-19-11-4-5-12-19/h8-10,15,19-20,22,27H,3-7,11-14H2,1-2H3. The molecule has 4 rings (SSSR count). The number of nitro benzene ring substituents is 1. The third-order valence-corrected chi connectivity index (χ3v) is 6.81. The number of carbonyl (C=O) groups is 2. The first-order valence-corrected chi connectivity index (χ1v) is 12.6. The molecule has 1 heterocycles. The number of nitrogens with one attached hydrogen (secondary N) is 1. The SMILES string of the molecule is CCC1=C(OC(=O)OC2CCCC2)C(c2cccc([N+](=O)[O-])c2)C(OC(=O)OC2CCCC2)=C(C)N1. The van der Waals surface area contributed by atoms with Gasteiger partial charge < -0.3 is 24.3 Å². The molecule has 1 aromatic rings. The Kier molecular flexibility index (Phi) is 8.12. The van der Waals surface area contributed by atoms with E-state index in [0.717, 1.165) is 51.4 Å². The van der Waals surface area contributed by atoms with E-state index in [0.29, 0.717) is 23.4 Å². The fraction of sp³-hybridized carbons (Fsp3) is 0.538. The number of dihydropyridines is 1. The van der Waals surface area contributed by atoms with E-state index in [1.807, 2.05) is 6.92 Å². The van der Waals surface area contributed by atoms with Crippen LogP contribution in [0.3, 0.4) is 0 Å². The number of hydrogen-bond acceptors (Lipinski definition) is 9. The Morgan fingerprint density at radius 2 is 1.53 bits per heavy atom. The molecule has 10 nitrogen and oxygen atoms in total. The van der Waals surface area contributed by atoms with Crippen LogP contribution in [-0.2, 0) is 18.9 Å². The van der Waals surface area contributed by atoms with Gasteiger partial charge in [0.1, 0.15) is 29.6 Å². The van der Waals surface area contributed by atoms with Crippen molar-refractivity contribution in [3.8, 4) is 0 Å². The van der Waals surface area contributed by atoms with Crippen molar-refractivity contribution in [1.29, 1.82) is 0 Å². The minimum absolute atomic E-state index is 0.137. The van der Waals surface area contributed by atoms with Gasteiger partial charge in [-0.15, -0.1) is 0 Å². The minimum atomic E-state index is -0.895. The Labute approximate surface area is 209 Å². The Morgan fingerprint density at radius 3 is 2.06 bits per heavy atom. The topological polar surface area (TPSA) is 126 Å². The molecule has 1 aromatic carbocycles. The molecule has 2 fully saturated rings. The van der Waals surface area contributed by atoms with Crippen LogP contribution in [0, 0.1) is 10.1 Å². The molecule has 194 valence electrons. The first-order valence-electron chi connectivity index (χ1n) is 12.6. The zero-order valence-corrected chi connectivity index (χ0v) is 20.6. The second kappa shape index (κ2) is 11.5. The van der Waals surface area contributed by atoms with Crippen molar-refractivity contribution >= 4 is 18.0 Å². The first-order chi connectivity index (χ1) is 17.4. The Morgan fingerprint density at radius 1 is 0.972 bits per heavy atom. The second-order valence-electron chi connectivity index (χ2n) is 9.35. The van der Waals surface area contributed by atoms with E-state index >= 15 is 0 Å². The number of carbonyl (C=O) groups excluding carboxylic acids is 2. The average Bonchev–Trinajstić information content (AvgIpc) is 3.55. The molecule has 1 N–H and O–H groups in total. The van der Waals surface area contributed by atoms with Crippen molar-refractivity contribution < 1.29 is 33.5 Å². The quantitative estimate of drug-likeness (QED) is 0.260. The Balaban J connectivity index is 1.66. The third kappa shape index (κ3) is 5.98. The van der Waals surface area contributed by atoms with E-state index in [9.17, 15) is 19.7 Å². The molecular formula is C26H32N2O8. The lowest BCUT2D eigenvalue weighted by Crippen LogP contribution is -2.31. The minimum Gasteiger partial charge on any atom is -0.431 e. The summed E-state index contributed by atoms with van der Waals surface area (Å²) < 4.78 is 22.4. The summed E-state index contributed by atoms with van der Waals surface area (Å²) in [7, 11) is 0. The maximum Gasteiger partial charge on any atom is 0.513 e. The monoisotopic (exact) mass is 500 g/mol. The fourth-order valence-corrected chi connectivity index (χ4v) is 5.01. The number of nitro groups is 1. The van der Waals surface area contributed by atoms with Gasteiger partial charge in [-0.25, -0.2) is 9.59 Å². The Bertz CT molecular complexity index is 1070. The molecule has 2 aliphatic carbocycles. The van der Waals surface area contributed by atoms with Gasteiger partial charge in [0.2, 0.25) is 0 Å². The summed E-state index contributed by atoms with van der Waals surface area (Å²) in [5, 5.41) is 14.6. The van der Waals surface area contributed by atoms with Gasteiger partial charge in [0.05, 0.1) is 16.3 Å². The smallest absolute Gasteiger partial charge is 0.431 e. The molecule has 0 aromatic heterocycles. The molecule has 36 heavy (non-hydrogen) atoms. The third-order valence-electron chi connectivity index (χ3n) is 6.81. The molecule has 0 amide bonds. The number of benzene rings is 1. The van der Waals surface area contributed by atoms with Crippen LogP contribution in [0.1, 0.15) is 83.1 Å². The fourth-order valence-electron chi connectivity index (χ4n) is 5.01. The molecule has 1 unspecified atom stereocenters. The van der Waals surface area contributed by atoms with Crippen LogP contribution in [0.4, 0.5) is 15.3 Å². The van der Waals surface area contributed by atoms with E-state index in [4.69, 9.17) is 18.9 Å². The van der Waals surface area contributed by atoms with Crippen molar-refractivity contribution in [1.82, 2.24) is 5.32 Å². The van der Waals surface area contributed by atoms with Crippen molar-refractivity contribution in [2.45, 2.75) is 89.8 Å². The average molecular weight is 501 g/mol. The van der Waals surface area contributed by atoms with Crippen LogP contribution >= 0.6 is 0 Å². The summed E-state index contributed by atoms with van der Waals surface area (Å²) in [6.45, 7) is 3.61. The van der Waals surface area contributed by atoms with Gasteiger partial charge in [-0.1, -0.05) is 19.1 Å². The van der Waals surface area contributed by atoms with Crippen LogP contribution in [0.2, 0.25) is 0 Å². The lowest BCUT2D eigenvalue weighted by molar-refractivity contribution is -0.384. The number of ether oxygens (including phenoxy) is 4. The molecule has 3 aliphatic rings. The molecule has 2 saturated carbocycles. The number of allylic oxidation sites excluding steroid dienone is 2. The first kappa shape index (κ1) is 25.5. The van der Waals surface area contributed by atoms with Gasteiger partial charge in [0, 0.05) is 12.1 Å². The summed E-state index contributed by atoms with van der Waals surface area (Å²) in [5.41, 5.74) is 1.40. The summed E-state index contributed by atoms with van der Waals surface area (Å²) in [6.07, 6.45) is 5.41. The summed E-state index contributed by atoms with van der Waals surface area (Å²) in [5.74, 6) is -0.567. The highest BCUT2D eigenvalue weighted by atomic mass is 16.7. The van der Waals surface area contributed by atoms with E-state index < -0.39 is 23.2 Å². The maximum atomic E-state index is 12.8. The molecule has 0 spiro atoms. The molecule has 1 aliphatic heterocycles. The number of rotatable bonds is 7. The summed E-state index contributed by atoms with van der Waals surface area (Å²) in [6, 6.07) is 5.96. The van der Waals surface area contributed by atoms with E-state index in [1.165, 1.54) is 12.1 Å². The highest BCUT2D eigenvalue weighted by Gasteiger charge is 2.38. The van der Waals surface area contributed by atoms with Gasteiger partial charge in [0.15, 0.2) is 0 Å². The van der Waals surface area contributed by atoms with Gasteiger partial charge in [-0.3, -0.25) is 10.1 Å². The number of nitrogens with zero attached hydrogens (tertiary/aromatic N) is 1. The zero-order valence-electron chi connectivity index (χ0n) is 20.6. The van der Waals surface area contributed by atoms with Crippen LogP contribution in [0.15, 0.2) is 47.2 Å². The number of hydrogen-bond donors (Lipinski definition) is 1. The van der Waals surface area contributed by atoms with E-state index in [-0.39, 0.29) is 29.4 Å². The van der Waals surface area contributed by atoms with Crippen molar-refractivity contribution in [3.63, 3.8) is 0 Å². The normalized spacial score (nSPS) is 20.8. The van der Waals surface area contributed by atoms with Gasteiger partial charge >= 0.3 is 12.3 Å². The van der Waals surface area contributed by atoms with Crippen molar-refractivity contribution in [3.05, 3.63) is 62.9 Å². The van der Waals surface area contributed by atoms with Gasteiger partial charge in [-0.05, 0) is 70.3 Å². The number of non-ortho nitro benzene ring substituents is 1. The predicted molar refractivity (Wildman–Crippen MR) is 129 cm³/mol.